The van der Waals surface area contributed by atoms with Gasteiger partial charge in [0, 0.05) is 12.3 Å². The lowest BCUT2D eigenvalue weighted by atomic mass is 9.58. The Kier molecular flexibility index (Phi) is 5.46. The predicted molar refractivity (Wildman–Crippen MR) is 109 cm³/mol. The number of carbonyl (C=O) groups excluding carboxylic acids is 4. The number of esters is 4. The van der Waals surface area contributed by atoms with E-state index in [0.29, 0.717) is 23.7 Å². The molecule has 2 saturated heterocycles. The van der Waals surface area contributed by atoms with Crippen molar-refractivity contribution in [1.29, 1.82) is 0 Å². The van der Waals surface area contributed by atoms with Gasteiger partial charge in [0.1, 0.15) is 6.10 Å². The van der Waals surface area contributed by atoms with Gasteiger partial charge in [-0.1, -0.05) is 27.7 Å². The van der Waals surface area contributed by atoms with Crippen LogP contribution in [0, 0.1) is 58.7 Å². The molecule has 0 amide bonds. The molecule has 0 aromatic rings. The van der Waals surface area contributed by atoms with Crippen LogP contribution in [0.4, 0.5) is 0 Å². The number of rotatable bonds is 5. The molecule has 2 heterocycles. The quantitative estimate of drug-likeness (QED) is 0.373. The SMILES string of the molecule is COC(=O)C(C)(CC1OC(=O)CC1C)C1C(=O)OC(=O)C1C1C(C)C2CC1C(C)C2C. The Labute approximate surface area is 183 Å². The second-order valence-electron chi connectivity index (χ2n) is 10.8. The first-order valence-corrected chi connectivity index (χ1v) is 11.5. The Hall–Kier alpha value is -1.92. The number of hydrogen-bond acceptors (Lipinski definition) is 7. The topological polar surface area (TPSA) is 96.0 Å². The average molecular weight is 435 g/mol. The summed E-state index contributed by atoms with van der Waals surface area (Å²) in [6.45, 7) is 10.2. The highest BCUT2D eigenvalue weighted by molar-refractivity contribution is 6.00. The van der Waals surface area contributed by atoms with Crippen molar-refractivity contribution in [2.24, 2.45) is 58.7 Å². The summed E-state index contributed by atoms with van der Waals surface area (Å²) < 4.78 is 15.8. The largest absolute Gasteiger partial charge is 0.469 e. The van der Waals surface area contributed by atoms with Gasteiger partial charge in [-0.25, -0.2) is 0 Å². The van der Waals surface area contributed by atoms with E-state index in [9.17, 15) is 19.2 Å². The first-order valence-electron chi connectivity index (χ1n) is 11.5. The summed E-state index contributed by atoms with van der Waals surface area (Å²) >= 11 is 0. The standard InChI is InChI=1S/C24H34O7/c1-10-7-17(25)30-16(10)9-24(5,23(28)29-6)20-19(21(26)31-22(20)27)18-13(4)14-8-15(18)12(3)11(14)2/h10-16,18-20H,7-9H2,1-6H3. The van der Waals surface area contributed by atoms with Crippen LogP contribution in [0.3, 0.4) is 0 Å². The van der Waals surface area contributed by atoms with Gasteiger partial charge >= 0.3 is 23.9 Å². The van der Waals surface area contributed by atoms with Crippen LogP contribution in [-0.4, -0.2) is 37.1 Å². The van der Waals surface area contributed by atoms with E-state index in [0.717, 1.165) is 6.42 Å². The lowest BCUT2D eigenvalue weighted by molar-refractivity contribution is -0.167. The van der Waals surface area contributed by atoms with Crippen molar-refractivity contribution in [3.8, 4) is 0 Å². The number of methoxy groups -OCH3 is 1. The third-order valence-electron chi connectivity index (χ3n) is 9.37. The summed E-state index contributed by atoms with van der Waals surface area (Å²) in [5, 5.41) is 0. The minimum absolute atomic E-state index is 0.00678. The van der Waals surface area contributed by atoms with Gasteiger partial charge in [-0.15, -0.1) is 0 Å². The van der Waals surface area contributed by atoms with Crippen molar-refractivity contribution in [3.63, 3.8) is 0 Å². The molecule has 0 spiro atoms. The van der Waals surface area contributed by atoms with E-state index in [-0.39, 0.29) is 36.6 Å². The molecule has 2 saturated carbocycles. The molecule has 2 aliphatic heterocycles. The molecule has 4 fully saturated rings. The van der Waals surface area contributed by atoms with Crippen molar-refractivity contribution in [2.45, 2.75) is 60.0 Å². The van der Waals surface area contributed by atoms with Gasteiger partial charge in [0.2, 0.25) is 0 Å². The second-order valence-corrected chi connectivity index (χ2v) is 10.8. The molecule has 0 aromatic heterocycles. The second kappa shape index (κ2) is 7.59. The van der Waals surface area contributed by atoms with Crippen LogP contribution < -0.4 is 0 Å². The smallest absolute Gasteiger partial charge is 0.318 e. The Morgan fingerprint density at radius 1 is 1.03 bits per heavy atom. The van der Waals surface area contributed by atoms with E-state index in [1.54, 1.807) is 6.92 Å². The molecule has 11 unspecified atom stereocenters. The maximum Gasteiger partial charge on any atom is 0.318 e. The molecule has 0 radical (unpaired) electrons. The monoisotopic (exact) mass is 434 g/mol. The number of hydrogen-bond donors (Lipinski definition) is 0. The summed E-state index contributed by atoms with van der Waals surface area (Å²) in [7, 11) is 1.28. The molecule has 2 bridgehead atoms. The van der Waals surface area contributed by atoms with E-state index >= 15 is 0 Å². The maximum atomic E-state index is 13.1. The van der Waals surface area contributed by atoms with E-state index in [2.05, 4.69) is 20.8 Å². The summed E-state index contributed by atoms with van der Waals surface area (Å²) in [5.74, 6) is -1.62. The van der Waals surface area contributed by atoms with Gasteiger partial charge < -0.3 is 14.2 Å². The Bertz CT molecular complexity index is 806. The molecule has 31 heavy (non-hydrogen) atoms. The zero-order valence-electron chi connectivity index (χ0n) is 19.3. The van der Waals surface area contributed by atoms with E-state index < -0.39 is 41.3 Å². The van der Waals surface area contributed by atoms with Crippen molar-refractivity contribution in [2.75, 3.05) is 7.11 Å². The van der Waals surface area contributed by atoms with Crippen LogP contribution in [0.15, 0.2) is 0 Å². The van der Waals surface area contributed by atoms with Gasteiger partial charge in [-0.05, 0) is 48.9 Å². The fourth-order valence-corrected chi connectivity index (χ4v) is 7.50. The fraction of sp³-hybridized carbons (Fsp3) is 0.833. The Balaban J connectivity index is 1.71. The summed E-state index contributed by atoms with van der Waals surface area (Å²) in [5.41, 5.74) is -1.32. The van der Waals surface area contributed by atoms with Crippen molar-refractivity contribution in [3.05, 3.63) is 0 Å². The zero-order chi connectivity index (χ0) is 22.8. The van der Waals surface area contributed by atoms with E-state index in [4.69, 9.17) is 14.2 Å². The maximum absolute atomic E-state index is 13.1. The third-order valence-corrected chi connectivity index (χ3v) is 9.37. The Morgan fingerprint density at radius 3 is 2.23 bits per heavy atom. The highest BCUT2D eigenvalue weighted by Crippen LogP contribution is 2.63. The fourth-order valence-electron chi connectivity index (χ4n) is 7.50. The average Bonchev–Trinajstić information content (AvgIpc) is 3.38. The molecule has 7 heteroatoms. The van der Waals surface area contributed by atoms with Crippen molar-refractivity contribution in [1.82, 2.24) is 0 Å². The van der Waals surface area contributed by atoms with Gasteiger partial charge in [-0.3, -0.25) is 19.2 Å². The van der Waals surface area contributed by atoms with Crippen LogP contribution in [-0.2, 0) is 33.4 Å². The lowest BCUT2D eigenvalue weighted by Gasteiger charge is -2.42. The van der Waals surface area contributed by atoms with Gasteiger partial charge in [0.25, 0.3) is 0 Å². The minimum Gasteiger partial charge on any atom is -0.469 e. The third kappa shape index (κ3) is 3.21. The van der Waals surface area contributed by atoms with Crippen molar-refractivity contribution >= 4 is 23.9 Å². The summed E-state index contributed by atoms with van der Waals surface area (Å²) in [4.78, 5) is 51.0. The van der Waals surface area contributed by atoms with Gasteiger partial charge in [0.05, 0.1) is 30.8 Å². The zero-order valence-corrected chi connectivity index (χ0v) is 19.3. The van der Waals surface area contributed by atoms with Gasteiger partial charge in [0.15, 0.2) is 0 Å². The van der Waals surface area contributed by atoms with Gasteiger partial charge in [-0.2, -0.15) is 0 Å². The normalized spacial score (nSPS) is 46.1. The number of fused-ring (bicyclic) bond motifs is 2. The first-order chi connectivity index (χ1) is 14.5. The van der Waals surface area contributed by atoms with E-state index in [1.165, 1.54) is 7.11 Å². The highest BCUT2D eigenvalue weighted by Gasteiger charge is 2.66. The molecule has 7 nitrogen and oxygen atoms in total. The van der Waals surface area contributed by atoms with Crippen LogP contribution in [0.1, 0.15) is 53.9 Å². The summed E-state index contributed by atoms with van der Waals surface area (Å²) in [6.07, 6.45) is 0.956. The molecule has 4 rings (SSSR count). The molecular weight excluding hydrogens is 400 g/mol. The Morgan fingerprint density at radius 2 is 1.68 bits per heavy atom. The molecule has 172 valence electrons. The number of cyclic esters (lactones) is 3. The lowest BCUT2D eigenvalue weighted by Crippen LogP contribution is -2.49. The van der Waals surface area contributed by atoms with Crippen LogP contribution in [0.25, 0.3) is 0 Å². The van der Waals surface area contributed by atoms with Crippen molar-refractivity contribution < 1.29 is 33.4 Å². The highest BCUT2D eigenvalue weighted by atomic mass is 16.6. The first kappa shape index (κ1) is 22.3. The molecule has 2 aliphatic carbocycles. The van der Waals surface area contributed by atoms with E-state index in [1.807, 2.05) is 6.92 Å². The number of carbonyl (C=O) groups is 4. The molecular formula is C24H34O7. The molecule has 11 atom stereocenters. The minimum atomic E-state index is -1.32. The molecule has 0 aromatic carbocycles. The number of ether oxygens (including phenoxy) is 3. The molecule has 4 aliphatic rings. The summed E-state index contributed by atoms with van der Waals surface area (Å²) in [6, 6.07) is 0. The predicted octanol–water partition coefficient (Wildman–Crippen LogP) is 3.00. The van der Waals surface area contributed by atoms with Crippen LogP contribution in [0.5, 0.6) is 0 Å². The van der Waals surface area contributed by atoms with Crippen LogP contribution >= 0.6 is 0 Å². The van der Waals surface area contributed by atoms with Crippen LogP contribution in [0.2, 0.25) is 0 Å². The molecule has 0 N–H and O–H groups in total.